The minimum absolute atomic E-state index is 0.0735. The molecule has 0 bridgehead atoms. The summed E-state index contributed by atoms with van der Waals surface area (Å²) in [6.45, 7) is 3.55. The number of nitrogens with zero attached hydrogens (tertiary/aromatic N) is 1. The zero-order valence-electron chi connectivity index (χ0n) is 13.5. The van der Waals surface area contributed by atoms with Crippen molar-refractivity contribution < 1.29 is 24.2 Å². The number of rotatable bonds is 7. The number of carbonyl (C=O) groups is 2. The fraction of sp³-hybridized carbons (Fsp3) is 0.353. The van der Waals surface area contributed by atoms with Crippen molar-refractivity contribution in [3.63, 3.8) is 0 Å². The molecule has 1 heterocycles. The summed E-state index contributed by atoms with van der Waals surface area (Å²) in [5.41, 5.74) is 1.82. The van der Waals surface area contributed by atoms with Crippen LogP contribution in [0.5, 0.6) is 0 Å². The van der Waals surface area contributed by atoms with E-state index in [0.717, 1.165) is 9.86 Å². The van der Waals surface area contributed by atoms with Crippen LogP contribution in [0.15, 0.2) is 22.7 Å². The highest BCUT2D eigenvalue weighted by atomic mass is 79.9. The van der Waals surface area contributed by atoms with Crippen LogP contribution in [-0.2, 0) is 27.3 Å². The summed E-state index contributed by atoms with van der Waals surface area (Å²) in [5.74, 6) is -1.55. The Kier molecular flexibility index (Phi) is 6.28. The maximum Gasteiger partial charge on any atom is 0.337 e. The molecule has 0 atom stereocenters. The molecule has 128 valence electrons. The van der Waals surface area contributed by atoms with Gasteiger partial charge in [0.1, 0.15) is 6.61 Å². The van der Waals surface area contributed by atoms with E-state index >= 15 is 0 Å². The summed E-state index contributed by atoms with van der Waals surface area (Å²) < 4.78 is 10.9. The number of ether oxygens (including phenoxy) is 2. The van der Waals surface area contributed by atoms with Crippen molar-refractivity contribution in [3.8, 4) is 0 Å². The van der Waals surface area contributed by atoms with E-state index in [1.807, 2.05) is 25.1 Å². The zero-order chi connectivity index (χ0) is 17.7. The van der Waals surface area contributed by atoms with Gasteiger partial charge in [0.15, 0.2) is 0 Å². The molecule has 7 heteroatoms. The third-order valence-corrected chi connectivity index (χ3v) is 3.96. The highest BCUT2D eigenvalue weighted by Crippen LogP contribution is 2.27. The van der Waals surface area contributed by atoms with Gasteiger partial charge in [0.25, 0.3) is 0 Å². The molecule has 0 unspecified atom stereocenters. The standard InChI is InChI=1S/C17H18BrNO5/c1-3-11-12-6-5-10(18)7-13(12)19-14(16(11)17(21)22)8-23-9-15(20)24-4-2/h5-7H,3-4,8-9H2,1-2H3,(H,21,22). The number of hydrogen-bond donors (Lipinski definition) is 1. The zero-order valence-corrected chi connectivity index (χ0v) is 15.1. The summed E-state index contributed by atoms with van der Waals surface area (Å²) in [6.07, 6.45) is 0.549. The molecule has 6 nitrogen and oxygen atoms in total. The van der Waals surface area contributed by atoms with Gasteiger partial charge in [-0.05, 0) is 31.0 Å². The van der Waals surface area contributed by atoms with E-state index in [1.165, 1.54) is 0 Å². The van der Waals surface area contributed by atoms with Gasteiger partial charge < -0.3 is 14.6 Å². The number of esters is 1. The van der Waals surface area contributed by atoms with Crippen molar-refractivity contribution >= 4 is 38.8 Å². The Hall–Kier alpha value is -1.99. The second-order valence-corrected chi connectivity index (χ2v) is 5.95. The van der Waals surface area contributed by atoms with Crippen LogP contribution in [0.3, 0.4) is 0 Å². The second-order valence-electron chi connectivity index (χ2n) is 5.03. The Bertz CT molecular complexity index is 775. The minimum atomic E-state index is -1.06. The van der Waals surface area contributed by atoms with Crippen LogP contribution in [-0.4, -0.2) is 35.2 Å². The fourth-order valence-corrected chi connectivity index (χ4v) is 2.87. The first-order valence-corrected chi connectivity index (χ1v) is 8.34. The number of fused-ring (bicyclic) bond motifs is 1. The molecule has 0 aliphatic carbocycles. The van der Waals surface area contributed by atoms with Crippen LogP contribution in [0.25, 0.3) is 10.9 Å². The van der Waals surface area contributed by atoms with E-state index in [1.54, 1.807) is 6.92 Å². The first-order chi connectivity index (χ1) is 11.5. The molecule has 2 rings (SSSR count). The molecule has 0 radical (unpaired) electrons. The van der Waals surface area contributed by atoms with E-state index in [4.69, 9.17) is 9.47 Å². The van der Waals surface area contributed by atoms with Crippen LogP contribution in [0.1, 0.15) is 35.5 Å². The van der Waals surface area contributed by atoms with Crippen molar-refractivity contribution in [2.75, 3.05) is 13.2 Å². The first-order valence-electron chi connectivity index (χ1n) is 7.55. The van der Waals surface area contributed by atoms with Crippen LogP contribution in [0.2, 0.25) is 0 Å². The lowest BCUT2D eigenvalue weighted by Gasteiger charge is -2.14. The molecule has 0 spiro atoms. The van der Waals surface area contributed by atoms with Crippen molar-refractivity contribution in [1.29, 1.82) is 0 Å². The maximum atomic E-state index is 11.7. The highest BCUT2D eigenvalue weighted by Gasteiger charge is 2.20. The number of halogens is 1. The molecule has 0 saturated carbocycles. The predicted octanol–water partition coefficient (Wildman–Crippen LogP) is 3.34. The van der Waals surface area contributed by atoms with Gasteiger partial charge in [0.05, 0.1) is 30.0 Å². The Balaban J connectivity index is 2.41. The van der Waals surface area contributed by atoms with Crippen molar-refractivity contribution in [1.82, 2.24) is 4.98 Å². The number of carboxylic acid groups (broad SMARTS) is 1. The van der Waals surface area contributed by atoms with E-state index in [0.29, 0.717) is 23.2 Å². The largest absolute Gasteiger partial charge is 0.478 e. The summed E-state index contributed by atoms with van der Waals surface area (Å²) in [5, 5.41) is 10.4. The van der Waals surface area contributed by atoms with Gasteiger partial charge >= 0.3 is 11.9 Å². The van der Waals surface area contributed by atoms with Gasteiger partial charge in [-0.25, -0.2) is 14.6 Å². The van der Waals surface area contributed by atoms with E-state index in [2.05, 4.69) is 20.9 Å². The molecule has 0 fully saturated rings. The van der Waals surface area contributed by atoms with Crippen LogP contribution in [0, 0.1) is 0 Å². The number of carbonyl (C=O) groups excluding carboxylic acids is 1. The molecule has 0 aliphatic rings. The molecule has 1 aromatic heterocycles. The fourth-order valence-electron chi connectivity index (χ4n) is 2.52. The quantitative estimate of drug-likeness (QED) is 0.723. The number of pyridine rings is 1. The average molecular weight is 396 g/mol. The summed E-state index contributed by atoms with van der Waals surface area (Å²) in [6, 6.07) is 5.53. The lowest BCUT2D eigenvalue weighted by Crippen LogP contribution is -2.15. The van der Waals surface area contributed by atoms with Crippen LogP contribution in [0.4, 0.5) is 0 Å². The maximum absolute atomic E-state index is 11.7. The highest BCUT2D eigenvalue weighted by molar-refractivity contribution is 9.10. The number of carboxylic acids is 1. The third-order valence-electron chi connectivity index (χ3n) is 3.46. The first kappa shape index (κ1) is 18.4. The molecule has 1 N–H and O–H groups in total. The number of hydrogen-bond acceptors (Lipinski definition) is 5. The summed E-state index contributed by atoms with van der Waals surface area (Å²) in [7, 11) is 0. The van der Waals surface area contributed by atoms with Gasteiger partial charge in [-0.15, -0.1) is 0 Å². The molecule has 0 saturated heterocycles. The Morgan fingerprint density at radius 2 is 2.04 bits per heavy atom. The van der Waals surface area contributed by atoms with Gasteiger partial charge in [0.2, 0.25) is 0 Å². The van der Waals surface area contributed by atoms with E-state index in [-0.39, 0.29) is 25.4 Å². The minimum Gasteiger partial charge on any atom is -0.478 e. The number of aromatic carboxylic acids is 1. The Morgan fingerprint density at radius 3 is 2.67 bits per heavy atom. The predicted molar refractivity (Wildman–Crippen MR) is 92.1 cm³/mol. The summed E-state index contributed by atoms with van der Waals surface area (Å²) >= 11 is 3.39. The lowest BCUT2D eigenvalue weighted by molar-refractivity contribution is -0.148. The smallest absolute Gasteiger partial charge is 0.337 e. The topological polar surface area (TPSA) is 85.7 Å². The van der Waals surface area contributed by atoms with Crippen LogP contribution >= 0.6 is 15.9 Å². The number of aromatic nitrogens is 1. The number of aryl methyl sites for hydroxylation is 1. The summed E-state index contributed by atoms with van der Waals surface area (Å²) in [4.78, 5) is 27.5. The third kappa shape index (κ3) is 4.10. The molecular formula is C17H18BrNO5. The van der Waals surface area contributed by atoms with Gasteiger partial charge in [-0.3, -0.25) is 0 Å². The monoisotopic (exact) mass is 395 g/mol. The Labute approximate surface area is 147 Å². The molecule has 0 aliphatic heterocycles. The van der Waals surface area contributed by atoms with Crippen molar-refractivity contribution in [2.45, 2.75) is 26.9 Å². The van der Waals surface area contributed by atoms with Crippen molar-refractivity contribution in [2.24, 2.45) is 0 Å². The molecule has 2 aromatic rings. The molecule has 24 heavy (non-hydrogen) atoms. The van der Waals surface area contributed by atoms with Gasteiger partial charge in [0, 0.05) is 9.86 Å². The second kappa shape index (κ2) is 8.21. The molecule has 0 amide bonds. The number of benzene rings is 1. The molecule has 1 aromatic carbocycles. The van der Waals surface area contributed by atoms with Gasteiger partial charge in [-0.2, -0.15) is 0 Å². The van der Waals surface area contributed by atoms with E-state index < -0.39 is 11.9 Å². The molecular weight excluding hydrogens is 378 g/mol. The Morgan fingerprint density at radius 1 is 1.29 bits per heavy atom. The van der Waals surface area contributed by atoms with Crippen molar-refractivity contribution in [3.05, 3.63) is 39.5 Å². The SMILES string of the molecule is CCOC(=O)COCc1nc2cc(Br)ccc2c(CC)c1C(=O)O. The van der Waals surface area contributed by atoms with Gasteiger partial charge in [-0.1, -0.05) is 28.9 Å². The average Bonchev–Trinajstić information content (AvgIpc) is 2.53. The van der Waals surface area contributed by atoms with Crippen LogP contribution < -0.4 is 0 Å². The normalized spacial score (nSPS) is 10.8. The van der Waals surface area contributed by atoms with E-state index in [9.17, 15) is 14.7 Å². The lowest BCUT2D eigenvalue weighted by atomic mass is 9.98.